The molecule has 0 unspecified atom stereocenters. The molecule has 0 bridgehead atoms. The summed E-state index contributed by atoms with van der Waals surface area (Å²) in [4.78, 5) is 19.7. The SMILES string of the molecule is COC(C)=O.Cc1ccc2c(c1)C=C([N+](=O)[O-])CO2. The van der Waals surface area contributed by atoms with Crippen molar-refractivity contribution in [1.29, 1.82) is 0 Å². The molecule has 1 aliphatic heterocycles. The number of aryl methyl sites for hydroxylation is 1. The van der Waals surface area contributed by atoms with Gasteiger partial charge in [0.1, 0.15) is 5.75 Å². The molecular weight excluding hydrogens is 250 g/mol. The number of rotatable bonds is 1. The van der Waals surface area contributed by atoms with Gasteiger partial charge in [-0.15, -0.1) is 0 Å². The first-order chi connectivity index (χ1) is 8.93. The Bertz CT molecular complexity index is 522. The van der Waals surface area contributed by atoms with Gasteiger partial charge in [0, 0.05) is 18.6 Å². The fourth-order valence-electron chi connectivity index (χ4n) is 1.39. The third-order valence-corrected chi connectivity index (χ3v) is 2.38. The predicted molar refractivity (Wildman–Crippen MR) is 69.3 cm³/mol. The lowest BCUT2D eigenvalue weighted by Gasteiger charge is -2.13. The van der Waals surface area contributed by atoms with Crippen LogP contribution in [0.3, 0.4) is 0 Å². The predicted octanol–water partition coefficient (Wildman–Crippen LogP) is 2.18. The van der Waals surface area contributed by atoms with Crippen molar-refractivity contribution in [3.8, 4) is 5.75 Å². The zero-order valence-electron chi connectivity index (χ0n) is 11.0. The van der Waals surface area contributed by atoms with Crippen molar-refractivity contribution in [3.63, 3.8) is 0 Å². The quantitative estimate of drug-likeness (QED) is 0.442. The summed E-state index contributed by atoms with van der Waals surface area (Å²) < 4.78 is 9.35. The topological polar surface area (TPSA) is 78.7 Å². The van der Waals surface area contributed by atoms with E-state index in [-0.39, 0.29) is 18.3 Å². The number of nitrogens with zero attached hydrogens (tertiary/aromatic N) is 1. The molecule has 0 spiro atoms. The van der Waals surface area contributed by atoms with Gasteiger partial charge in [-0.2, -0.15) is 0 Å². The summed E-state index contributed by atoms with van der Waals surface area (Å²) in [5, 5.41) is 10.5. The van der Waals surface area contributed by atoms with Crippen LogP contribution in [0.1, 0.15) is 18.1 Å². The van der Waals surface area contributed by atoms with E-state index in [2.05, 4.69) is 4.74 Å². The number of ether oxygens (including phenoxy) is 2. The summed E-state index contributed by atoms with van der Waals surface area (Å²) in [6.07, 6.45) is 1.56. The monoisotopic (exact) mass is 265 g/mol. The van der Waals surface area contributed by atoms with E-state index in [0.717, 1.165) is 11.1 Å². The fourth-order valence-corrected chi connectivity index (χ4v) is 1.39. The normalized spacial score (nSPS) is 12.1. The highest BCUT2D eigenvalue weighted by Gasteiger charge is 2.19. The fraction of sp³-hybridized carbons (Fsp3) is 0.308. The number of hydrogen-bond donors (Lipinski definition) is 0. The zero-order chi connectivity index (χ0) is 14.4. The van der Waals surface area contributed by atoms with E-state index in [1.807, 2.05) is 25.1 Å². The van der Waals surface area contributed by atoms with Gasteiger partial charge in [0.25, 0.3) is 5.70 Å². The maximum atomic E-state index is 10.5. The minimum absolute atomic E-state index is 0.0447. The summed E-state index contributed by atoms with van der Waals surface area (Å²) in [6.45, 7) is 3.34. The van der Waals surface area contributed by atoms with Crippen molar-refractivity contribution >= 4 is 12.0 Å². The van der Waals surface area contributed by atoms with E-state index in [1.165, 1.54) is 14.0 Å². The largest absolute Gasteiger partial charge is 0.482 e. The molecule has 19 heavy (non-hydrogen) atoms. The van der Waals surface area contributed by atoms with E-state index >= 15 is 0 Å². The van der Waals surface area contributed by atoms with Crippen molar-refractivity contribution in [1.82, 2.24) is 0 Å². The van der Waals surface area contributed by atoms with E-state index < -0.39 is 4.92 Å². The Morgan fingerprint density at radius 3 is 2.63 bits per heavy atom. The summed E-state index contributed by atoms with van der Waals surface area (Å²) >= 11 is 0. The number of nitro groups is 1. The maximum Gasteiger partial charge on any atom is 0.302 e. The molecule has 6 heteroatoms. The van der Waals surface area contributed by atoms with Crippen molar-refractivity contribution in [2.24, 2.45) is 0 Å². The highest BCUT2D eigenvalue weighted by molar-refractivity contribution is 5.65. The number of carbonyl (C=O) groups excluding carboxylic acids is 1. The van der Waals surface area contributed by atoms with Crippen molar-refractivity contribution in [2.45, 2.75) is 13.8 Å². The van der Waals surface area contributed by atoms with Crippen LogP contribution in [0, 0.1) is 17.0 Å². The smallest absolute Gasteiger partial charge is 0.302 e. The van der Waals surface area contributed by atoms with Crippen LogP contribution in [0.2, 0.25) is 0 Å². The van der Waals surface area contributed by atoms with Gasteiger partial charge in [-0.05, 0) is 19.1 Å². The van der Waals surface area contributed by atoms with Crippen molar-refractivity contribution in [3.05, 3.63) is 45.1 Å². The molecule has 1 heterocycles. The molecule has 1 aromatic rings. The first kappa shape index (κ1) is 14.7. The second kappa shape index (κ2) is 6.53. The zero-order valence-corrected chi connectivity index (χ0v) is 11.0. The molecule has 0 saturated carbocycles. The average molecular weight is 265 g/mol. The first-order valence-electron chi connectivity index (χ1n) is 5.57. The number of fused-ring (bicyclic) bond motifs is 1. The number of benzene rings is 1. The molecule has 0 atom stereocenters. The van der Waals surface area contributed by atoms with E-state index in [0.29, 0.717) is 5.75 Å². The molecule has 0 radical (unpaired) electrons. The molecule has 6 nitrogen and oxygen atoms in total. The van der Waals surface area contributed by atoms with E-state index in [9.17, 15) is 14.9 Å². The van der Waals surface area contributed by atoms with Gasteiger partial charge >= 0.3 is 5.97 Å². The Morgan fingerprint density at radius 2 is 2.11 bits per heavy atom. The summed E-state index contributed by atoms with van der Waals surface area (Å²) in [5.41, 5.74) is 1.94. The molecule has 0 aromatic heterocycles. The number of carbonyl (C=O) groups is 1. The molecular formula is C13H15NO5. The second-order valence-corrected chi connectivity index (χ2v) is 3.92. The summed E-state index contributed by atoms with van der Waals surface area (Å²) in [5.74, 6) is 0.464. The Kier molecular flexibility index (Phi) is 5.05. The maximum absolute atomic E-state index is 10.5. The van der Waals surface area contributed by atoms with Crippen LogP contribution in [-0.2, 0) is 9.53 Å². The summed E-state index contributed by atoms with van der Waals surface area (Å²) in [6, 6.07) is 5.62. The lowest BCUT2D eigenvalue weighted by atomic mass is 10.1. The van der Waals surface area contributed by atoms with Gasteiger partial charge < -0.3 is 9.47 Å². The lowest BCUT2D eigenvalue weighted by molar-refractivity contribution is -0.427. The molecule has 1 aromatic carbocycles. The Balaban J connectivity index is 0.000000312. The average Bonchev–Trinajstić information content (AvgIpc) is 2.38. The molecule has 102 valence electrons. The number of methoxy groups -OCH3 is 1. The number of esters is 1. The lowest BCUT2D eigenvalue weighted by Crippen LogP contribution is -2.13. The molecule has 1 aliphatic rings. The molecule has 0 amide bonds. The van der Waals surface area contributed by atoms with Gasteiger partial charge in [0.2, 0.25) is 0 Å². The van der Waals surface area contributed by atoms with E-state index in [4.69, 9.17) is 4.74 Å². The van der Waals surface area contributed by atoms with Gasteiger partial charge in [0.15, 0.2) is 6.61 Å². The van der Waals surface area contributed by atoms with Gasteiger partial charge in [0.05, 0.1) is 12.0 Å². The first-order valence-corrected chi connectivity index (χ1v) is 5.57. The minimum Gasteiger partial charge on any atom is -0.482 e. The molecule has 0 N–H and O–H groups in total. The Hall–Kier alpha value is -2.37. The molecule has 0 saturated heterocycles. The number of hydrogen-bond acceptors (Lipinski definition) is 5. The highest BCUT2D eigenvalue weighted by atomic mass is 16.6. The second-order valence-electron chi connectivity index (χ2n) is 3.92. The highest BCUT2D eigenvalue weighted by Crippen LogP contribution is 2.26. The minimum atomic E-state index is -0.411. The van der Waals surface area contributed by atoms with Crippen LogP contribution < -0.4 is 4.74 Å². The molecule has 0 fully saturated rings. The molecule has 2 rings (SSSR count). The van der Waals surface area contributed by atoms with Gasteiger partial charge in [-0.1, -0.05) is 11.6 Å². The van der Waals surface area contributed by atoms with Crippen LogP contribution in [0.5, 0.6) is 5.75 Å². The van der Waals surface area contributed by atoms with Gasteiger partial charge in [-0.25, -0.2) is 0 Å². The van der Waals surface area contributed by atoms with Crippen LogP contribution in [0.25, 0.3) is 6.08 Å². The summed E-state index contributed by atoms with van der Waals surface area (Å²) in [7, 11) is 1.35. The van der Waals surface area contributed by atoms with Gasteiger partial charge in [-0.3, -0.25) is 14.9 Å². The van der Waals surface area contributed by atoms with Crippen LogP contribution in [-0.4, -0.2) is 24.6 Å². The third-order valence-electron chi connectivity index (χ3n) is 2.38. The van der Waals surface area contributed by atoms with Crippen molar-refractivity contribution in [2.75, 3.05) is 13.7 Å². The Labute approximate surface area is 110 Å². The molecule has 0 aliphatic carbocycles. The van der Waals surface area contributed by atoms with Crippen LogP contribution in [0.15, 0.2) is 23.9 Å². The Morgan fingerprint density at radius 1 is 1.47 bits per heavy atom. The standard InChI is InChI=1S/C10H9NO3.C3H6O2/c1-7-2-3-10-8(4-7)5-9(6-14-10)11(12)13;1-3(4)5-2/h2-5H,6H2,1H3;1-2H3. The third kappa shape index (κ3) is 4.42. The van der Waals surface area contributed by atoms with Crippen molar-refractivity contribution < 1.29 is 19.2 Å². The van der Waals surface area contributed by atoms with Crippen LogP contribution >= 0.6 is 0 Å². The van der Waals surface area contributed by atoms with E-state index in [1.54, 1.807) is 6.08 Å². The van der Waals surface area contributed by atoms with Crippen LogP contribution in [0.4, 0.5) is 0 Å².